The average molecular weight is 803 g/mol. The first-order chi connectivity index (χ1) is 23.1. The Hall–Kier alpha value is -3.86. The summed E-state index contributed by atoms with van der Waals surface area (Å²) in [4.78, 5) is 0. The van der Waals surface area contributed by atoms with Crippen molar-refractivity contribution in [3.05, 3.63) is 137 Å². The minimum absolute atomic E-state index is 0. The first-order valence-corrected chi connectivity index (χ1v) is 14.7. The molecule has 6 aromatic rings. The number of benzene rings is 4. The molecule has 1 radical (unpaired) electrons. The second-order valence-electron chi connectivity index (χ2n) is 11.3. The summed E-state index contributed by atoms with van der Waals surface area (Å²) in [5.74, 6) is 0. The zero-order chi connectivity index (χ0) is 37.4. The molecule has 0 bridgehead atoms. The van der Waals surface area contributed by atoms with Crippen molar-refractivity contribution in [2.24, 2.45) is 0 Å². The molecule has 0 fully saturated rings. The molecule has 13 heteroatoms. The maximum Gasteiger partial charge on any atom is 3.00 e. The molecular weight excluding hydrogens is 776 g/mol. The van der Waals surface area contributed by atoms with Crippen molar-refractivity contribution in [1.29, 1.82) is 0 Å². The molecule has 0 unspecified atom stereocenters. The van der Waals surface area contributed by atoms with Gasteiger partial charge >= 0.3 is 50.9 Å². The second-order valence-corrected chi connectivity index (χ2v) is 11.3. The Kier molecular flexibility index (Phi) is 12.6. The summed E-state index contributed by atoms with van der Waals surface area (Å²) in [5, 5.41) is 2.80. The van der Waals surface area contributed by atoms with Crippen molar-refractivity contribution >= 4 is 21.5 Å². The summed E-state index contributed by atoms with van der Waals surface area (Å²) in [7, 11) is 0. The summed E-state index contributed by atoms with van der Waals surface area (Å²) < 4.78 is 156. The molecule has 267 valence electrons. The van der Waals surface area contributed by atoms with E-state index < -0.39 is 47.0 Å². The smallest absolute Gasteiger partial charge is 0.346 e. The Labute approximate surface area is 304 Å². The Morgan fingerprint density at radius 1 is 0.431 bits per heavy atom. The number of hydrogen-bond donors (Lipinski definition) is 0. The van der Waals surface area contributed by atoms with Crippen LogP contribution in [-0.4, -0.2) is 0 Å². The van der Waals surface area contributed by atoms with Crippen LogP contribution in [0.15, 0.2) is 97.1 Å². The van der Waals surface area contributed by atoms with Crippen LogP contribution in [0.1, 0.15) is 40.3 Å². The molecule has 0 saturated carbocycles. The minimum atomic E-state index is -4.86. The first-order valence-electron chi connectivity index (χ1n) is 14.7. The topological polar surface area (TPSA) is 0 Å². The van der Waals surface area contributed by atoms with Gasteiger partial charge in [0.15, 0.2) is 0 Å². The van der Waals surface area contributed by atoms with E-state index in [4.69, 9.17) is 0 Å². The number of halogens is 12. The Bertz CT molecular complexity index is 1890. The van der Waals surface area contributed by atoms with E-state index in [1.807, 2.05) is 26.0 Å². The molecule has 51 heavy (non-hydrogen) atoms. The number of aryl methyl sites for hydroxylation is 2. The van der Waals surface area contributed by atoms with E-state index in [1.54, 1.807) is 43.3 Å². The van der Waals surface area contributed by atoms with Crippen molar-refractivity contribution < 1.29 is 78.9 Å². The van der Waals surface area contributed by atoms with Crippen LogP contribution < -0.4 is 0 Å². The fourth-order valence-electron chi connectivity index (χ4n) is 5.49. The third-order valence-electron chi connectivity index (χ3n) is 7.59. The summed E-state index contributed by atoms with van der Waals surface area (Å²) in [6.45, 7) is 8.63. The van der Waals surface area contributed by atoms with E-state index in [0.717, 1.165) is 46.2 Å². The summed E-state index contributed by atoms with van der Waals surface area (Å²) >= 11 is 0. The van der Waals surface area contributed by atoms with Crippen molar-refractivity contribution in [2.75, 3.05) is 0 Å². The van der Waals surface area contributed by atoms with Gasteiger partial charge in [-0.2, -0.15) is 71.7 Å². The number of alkyl halides is 12. The van der Waals surface area contributed by atoms with E-state index in [0.29, 0.717) is 21.9 Å². The van der Waals surface area contributed by atoms with Crippen LogP contribution in [0.4, 0.5) is 52.7 Å². The first kappa shape index (κ1) is 41.6. The number of hydrogen-bond acceptors (Lipinski definition) is 0. The molecule has 0 aromatic heterocycles. The predicted octanol–water partition coefficient (Wildman–Crippen LogP) is 14.0. The fourth-order valence-corrected chi connectivity index (χ4v) is 5.49. The third kappa shape index (κ3) is 9.73. The van der Waals surface area contributed by atoms with Crippen LogP contribution in [0.5, 0.6) is 0 Å². The zero-order valence-corrected chi connectivity index (χ0v) is 29.4. The normalized spacial score (nSPS) is 12.2. The molecule has 0 nitrogen and oxygen atoms in total. The van der Waals surface area contributed by atoms with Crippen molar-refractivity contribution in [3.8, 4) is 22.3 Å². The van der Waals surface area contributed by atoms with Crippen molar-refractivity contribution in [1.82, 2.24) is 0 Å². The Morgan fingerprint density at radius 3 is 0.961 bits per heavy atom. The minimum Gasteiger partial charge on any atom is -0.346 e. The summed E-state index contributed by atoms with van der Waals surface area (Å²) in [5.41, 5.74) is -2.99. The standard InChI is InChI=1S/2C18H11F6.C2H5.Zr/c2*1-10-5-11-3-2-4-15(16(11)6-10)12-7-13(17(19,20)21)9-14(8-12)18(22,23)24;1-2;/h2*2-9H,1H3;1H2,2H3;/q3*-1;+3. The van der Waals surface area contributed by atoms with Crippen LogP contribution in [0.2, 0.25) is 0 Å². The van der Waals surface area contributed by atoms with Gasteiger partial charge in [0.25, 0.3) is 0 Å². The monoisotopic (exact) mass is 801 g/mol. The van der Waals surface area contributed by atoms with Gasteiger partial charge in [-0.05, 0) is 47.5 Å². The van der Waals surface area contributed by atoms with Gasteiger partial charge in [0, 0.05) is 0 Å². The molecule has 0 amide bonds. The SMILES string of the molecule is Cc1cc2c(-c3cc(C(F)(F)F)cc(C(F)(F)F)c3)cccc2[cH-]1.Cc1cc2c(-c3cc(C(F)(F)F)cc(C(F)(F)F)c3)cccc2[cH-]1.[CH2-]C.[Zr+3]. The summed E-state index contributed by atoms with van der Waals surface area (Å²) in [6.07, 6.45) is -19.4. The maximum absolute atomic E-state index is 13.0. The number of rotatable bonds is 2. The zero-order valence-electron chi connectivity index (χ0n) is 27.0. The van der Waals surface area contributed by atoms with Gasteiger partial charge in [-0.1, -0.05) is 37.1 Å². The summed E-state index contributed by atoms with van der Waals surface area (Å²) in [6, 6.07) is 20.3. The van der Waals surface area contributed by atoms with E-state index in [-0.39, 0.29) is 49.5 Å². The molecule has 0 heterocycles. The van der Waals surface area contributed by atoms with Gasteiger partial charge in [-0.25, -0.2) is 0 Å². The van der Waals surface area contributed by atoms with Crippen LogP contribution in [0.3, 0.4) is 0 Å². The van der Waals surface area contributed by atoms with Crippen LogP contribution in [-0.2, 0) is 50.9 Å². The largest absolute Gasteiger partial charge is 3.00 e. The molecular formula is C38H27F12Zr. The molecule has 0 saturated heterocycles. The van der Waals surface area contributed by atoms with Gasteiger partial charge in [-0.15, -0.1) is 69.1 Å². The van der Waals surface area contributed by atoms with Gasteiger partial charge in [-0.3, -0.25) is 0 Å². The van der Waals surface area contributed by atoms with Gasteiger partial charge in [0.05, 0.1) is 22.3 Å². The maximum atomic E-state index is 13.0. The van der Waals surface area contributed by atoms with Crippen LogP contribution >= 0.6 is 0 Å². The van der Waals surface area contributed by atoms with E-state index in [1.165, 1.54) is 12.1 Å². The molecule has 0 aliphatic rings. The van der Waals surface area contributed by atoms with E-state index in [9.17, 15) is 52.7 Å². The average Bonchev–Trinajstić information content (AvgIpc) is 3.60. The molecule has 6 aromatic carbocycles. The molecule has 0 N–H and O–H groups in total. The van der Waals surface area contributed by atoms with E-state index in [2.05, 4.69) is 6.92 Å². The molecule has 0 atom stereocenters. The van der Waals surface area contributed by atoms with Crippen molar-refractivity contribution in [3.63, 3.8) is 0 Å². The second kappa shape index (κ2) is 15.4. The van der Waals surface area contributed by atoms with Gasteiger partial charge in [0.2, 0.25) is 0 Å². The van der Waals surface area contributed by atoms with Gasteiger partial charge in [0.1, 0.15) is 0 Å². The predicted molar refractivity (Wildman–Crippen MR) is 170 cm³/mol. The Balaban J connectivity index is 0.000000258. The molecule has 0 aliphatic carbocycles. The van der Waals surface area contributed by atoms with E-state index >= 15 is 0 Å². The third-order valence-corrected chi connectivity index (χ3v) is 7.59. The van der Waals surface area contributed by atoms with Crippen LogP contribution in [0, 0.1) is 20.8 Å². The molecule has 6 rings (SSSR count). The molecule has 0 spiro atoms. The van der Waals surface area contributed by atoms with Crippen LogP contribution in [0.25, 0.3) is 43.8 Å². The Morgan fingerprint density at radius 2 is 0.706 bits per heavy atom. The van der Waals surface area contributed by atoms with Gasteiger partial charge < -0.3 is 6.92 Å². The number of fused-ring (bicyclic) bond motifs is 2. The fraction of sp³-hybridized carbons (Fsp3) is 0.184. The molecule has 0 aliphatic heterocycles. The quantitative estimate of drug-likeness (QED) is 0.121. The van der Waals surface area contributed by atoms with Crippen molar-refractivity contribution in [2.45, 2.75) is 45.5 Å².